The molecular formula is C27H26FN3O3S. The predicted octanol–water partition coefficient (Wildman–Crippen LogP) is 3.95. The first-order valence-corrected chi connectivity index (χ1v) is 13.2. The van der Waals surface area contributed by atoms with Crippen molar-refractivity contribution >= 4 is 32.3 Å². The Labute approximate surface area is 204 Å². The van der Waals surface area contributed by atoms with E-state index in [2.05, 4.69) is 4.90 Å². The van der Waals surface area contributed by atoms with Gasteiger partial charge < -0.3 is 14.4 Å². The van der Waals surface area contributed by atoms with Crippen LogP contribution in [-0.2, 0) is 21.2 Å². The third-order valence-corrected chi connectivity index (χ3v) is 8.04. The highest BCUT2D eigenvalue weighted by Crippen LogP contribution is 2.27. The first-order valence-electron chi connectivity index (χ1n) is 11.5. The Kier molecular flexibility index (Phi) is 6.30. The van der Waals surface area contributed by atoms with Crippen LogP contribution in [0.1, 0.15) is 5.56 Å². The zero-order valence-electron chi connectivity index (χ0n) is 19.2. The number of piperazine rings is 1. The van der Waals surface area contributed by atoms with E-state index in [0.29, 0.717) is 38.1 Å². The number of halogens is 1. The predicted molar refractivity (Wildman–Crippen MR) is 135 cm³/mol. The molecule has 0 radical (unpaired) electrons. The molecule has 1 saturated heterocycles. The number of sulfone groups is 1. The average Bonchev–Trinajstić information content (AvgIpc) is 3.25. The Morgan fingerprint density at radius 2 is 1.49 bits per heavy atom. The van der Waals surface area contributed by atoms with Crippen LogP contribution in [0, 0.1) is 5.82 Å². The highest BCUT2D eigenvalue weighted by Gasteiger charge is 2.29. The number of para-hydroxylation sites is 2. The molecule has 180 valence electrons. The monoisotopic (exact) mass is 491 g/mol. The topological polar surface area (TPSA) is 62.6 Å². The smallest absolute Gasteiger partial charge is 0.238 e. The van der Waals surface area contributed by atoms with Crippen molar-refractivity contribution in [1.29, 1.82) is 0 Å². The van der Waals surface area contributed by atoms with E-state index in [-0.39, 0.29) is 16.6 Å². The molecule has 8 heteroatoms. The lowest BCUT2D eigenvalue weighted by Gasteiger charge is -2.36. The fourth-order valence-electron chi connectivity index (χ4n) is 4.56. The summed E-state index contributed by atoms with van der Waals surface area (Å²) in [5.74, 6) is -1.27. The van der Waals surface area contributed by atoms with E-state index in [9.17, 15) is 17.6 Å². The molecule has 0 saturated carbocycles. The van der Waals surface area contributed by atoms with Crippen molar-refractivity contribution in [2.24, 2.45) is 0 Å². The van der Waals surface area contributed by atoms with Crippen LogP contribution < -0.4 is 4.90 Å². The van der Waals surface area contributed by atoms with E-state index in [0.717, 1.165) is 16.8 Å². The van der Waals surface area contributed by atoms with Gasteiger partial charge in [0.15, 0.2) is 9.84 Å². The molecule has 0 atom stereocenters. The summed E-state index contributed by atoms with van der Waals surface area (Å²) in [4.78, 5) is 17.0. The Balaban J connectivity index is 1.33. The van der Waals surface area contributed by atoms with E-state index in [1.807, 2.05) is 47.0 Å². The summed E-state index contributed by atoms with van der Waals surface area (Å²) in [6.45, 7) is 2.68. The van der Waals surface area contributed by atoms with Gasteiger partial charge >= 0.3 is 0 Å². The molecule has 0 unspecified atom stereocenters. The third-order valence-electron chi connectivity index (χ3n) is 6.42. The highest BCUT2D eigenvalue weighted by atomic mass is 32.2. The molecule has 5 rings (SSSR count). The first kappa shape index (κ1) is 23.1. The minimum absolute atomic E-state index is 0.145. The van der Waals surface area contributed by atoms with Crippen LogP contribution in [0.4, 0.5) is 10.1 Å². The summed E-state index contributed by atoms with van der Waals surface area (Å²) in [6, 6.07) is 23.3. The molecule has 35 heavy (non-hydrogen) atoms. The lowest BCUT2D eigenvalue weighted by Crippen LogP contribution is -2.50. The maximum atomic E-state index is 13.4. The van der Waals surface area contributed by atoms with Crippen LogP contribution in [-0.4, -0.2) is 55.7 Å². The van der Waals surface area contributed by atoms with Crippen molar-refractivity contribution in [3.63, 3.8) is 0 Å². The summed E-state index contributed by atoms with van der Waals surface area (Å²) in [5, 5.41) is 0.580. The SMILES string of the molecule is O=C(CS(=O)(=O)c1cn(Cc2ccc(F)cc2)c2ccccc12)N1CCN(c2ccccc2)CC1. The van der Waals surface area contributed by atoms with E-state index >= 15 is 0 Å². The number of benzene rings is 3. The Morgan fingerprint density at radius 1 is 0.829 bits per heavy atom. The second-order valence-electron chi connectivity index (χ2n) is 8.73. The summed E-state index contributed by atoms with van der Waals surface area (Å²) in [6.07, 6.45) is 1.59. The largest absolute Gasteiger partial charge is 0.368 e. The van der Waals surface area contributed by atoms with Crippen LogP contribution in [0.5, 0.6) is 0 Å². The van der Waals surface area contributed by atoms with Crippen molar-refractivity contribution < 1.29 is 17.6 Å². The number of hydrogen-bond donors (Lipinski definition) is 0. The van der Waals surface area contributed by atoms with Crippen LogP contribution in [0.3, 0.4) is 0 Å². The second-order valence-corrected chi connectivity index (χ2v) is 10.7. The number of carbonyl (C=O) groups is 1. The van der Waals surface area contributed by atoms with E-state index < -0.39 is 15.6 Å². The van der Waals surface area contributed by atoms with Crippen molar-refractivity contribution in [2.45, 2.75) is 11.4 Å². The van der Waals surface area contributed by atoms with Crippen molar-refractivity contribution in [3.8, 4) is 0 Å². The summed E-state index contributed by atoms with van der Waals surface area (Å²) in [5.41, 5.74) is 2.70. The molecule has 0 N–H and O–H groups in total. The molecule has 1 amide bonds. The van der Waals surface area contributed by atoms with Crippen molar-refractivity contribution in [1.82, 2.24) is 9.47 Å². The highest BCUT2D eigenvalue weighted by molar-refractivity contribution is 7.92. The van der Waals surface area contributed by atoms with Crippen LogP contribution in [0.2, 0.25) is 0 Å². The molecule has 4 aromatic rings. The molecule has 0 bridgehead atoms. The number of amides is 1. The standard InChI is InChI=1S/C27H26FN3O3S/c28-22-12-10-21(11-13-22)18-31-19-26(24-8-4-5-9-25(24)31)35(33,34)20-27(32)30-16-14-29(15-17-30)23-6-2-1-3-7-23/h1-13,19H,14-18,20H2. The van der Waals surface area contributed by atoms with Crippen LogP contribution in [0.15, 0.2) is 90.0 Å². The lowest BCUT2D eigenvalue weighted by atomic mass is 10.2. The normalized spacial score (nSPS) is 14.4. The summed E-state index contributed by atoms with van der Waals surface area (Å²) in [7, 11) is -3.86. The fourth-order valence-corrected chi connectivity index (χ4v) is 6.02. The number of nitrogens with zero attached hydrogens (tertiary/aromatic N) is 3. The van der Waals surface area contributed by atoms with Gasteiger partial charge in [0, 0.05) is 55.5 Å². The van der Waals surface area contributed by atoms with Crippen LogP contribution >= 0.6 is 0 Å². The van der Waals surface area contributed by atoms with Gasteiger partial charge in [-0.25, -0.2) is 12.8 Å². The zero-order valence-corrected chi connectivity index (χ0v) is 20.0. The van der Waals surface area contributed by atoms with Gasteiger partial charge in [0.1, 0.15) is 11.6 Å². The molecule has 1 aliphatic rings. The van der Waals surface area contributed by atoms with Crippen molar-refractivity contribution in [2.75, 3.05) is 36.8 Å². The molecule has 1 aromatic heterocycles. The number of hydrogen-bond acceptors (Lipinski definition) is 4. The van der Waals surface area contributed by atoms with Gasteiger partial charge in [0.05, 0.1) is 4.90 Å². The van der Waals surface area contributed by atoms with E-state index in [1.54, 1.807) is 35.4 Å². The van der Waals surface area contributed by atoms with Gasteiger partial charge in [0.25, 0.3) is 0 Å². The van der Waals surface area contributed by atoms with Gasteiger partial charge in [-0.05, 0) is 35.9 Å². The lowest BCUT2D eigenvalue weighted by molar-refractivity contribution is -0.128. The quantitative estimate of drug-likeness (QED) is 0.410. The van der Waals surface area contributed by atoms with E-state index in [1.165, 1.54) is 12.1 Å². The Morgan fingerprint density at radius 3 is 2.20 bits per heavy atom. The number of anilines is 1. The number of fused-ring (bicyclic) bond motifs is 1. The Bertz CT molecular complexity index is 1440. The number of rotatable bonds is 6. The minimum atomic E-state index is -3.86. The van der Waals surface area contributed by atoms with Gasteiger partial charge in [0.2, 0.25) is 5.91 Å². The van der Waals surface area contributed by atoms with Gasteiger partial charge in [-0.1, -0.05) is 48.5 Å². The summed E-state index contributed by atoms with van der Waals surface area (Å²) >= 11 is 0. The molecule has 6 nitrogen and oxygen atoms in total. The van der Waals surface area contributed by atoms with E-state index in [4.69, 9.17) is 0 Å². The molecule has 2 heterocycles. The maximum absolute atomic E-state index is 13.4. The second kappa shape index (κ2) is 9.54. The van der Waals surface area contributed by atoms with Gasteiger partial charge in [-0.3, -0.25) is 4.79 Å². The Hall–Kier alpha value is -3.65. The minimum Gasteiger partial charge on any atom is -0.368 e. The third kappa shape index (κ3) is 4.93. The molecule has 3 aromatic carbocycles. The average molecular weight is 492 g/mol. The molecule has 1 fully saturated rings. The maximum Gasteiger partial charge on any atom is 0.238 e. The van der Waals surface area contributed by atoms with Gasteiger partial charge in [-0.2, -0.15) is 0 Å². The zero-order chi connectivity index (χ0) is 24.4. The number of carbonyl (C=O) groups excluding carboxylic acids is 1. The molecule has 0 aliphatic carbocycles. The fraction of sp³-hybridized carbons (Fsp3) is 0.222. The summed E-state index contributed by atoms with van der Waals surface area (Å²) < 4.78 is 41.9. The van der Waals surface area contributed by atoms with Crippen LogP contribution in [0.25, 0.3) is 10.9 Å². The molecule has 0 spiro atoms. The van der Waals surface area contributed by atoms with Gasteiger partial charge in [-0.15, -0.1) is 0 Å². The molecule has 1 aliphatic heterocycles. The number of aromatic nitrogens is 1. The van der Waals surface area contributed by atoms with Crippen molar-refractivity contribution in [3.05, 3.63) is 96.4 Å². The first-order chi connectivity index (χ1) is 16.9. The molecular weight excluding hydrogens is 465 g/mol.